The summed E-state index contributed by atoms with van der Waals surface area (Å²) in [6, 6.07) is 16.2. The summed E-state index contributed by atoms with van der Waals surface area (Å²) in [4.78, 5) is 3.33. The van der Waals surface area contributed by atoms with Crippen molar-refractivity contribution < 1.29 is 5.21 Å². The zero-order valence-corrected chi connectivity index (χ0v) is 15.6. The van der Waals surface area contributed by atoms with E-state index < -0.39 is 0 Å². The number of H-pyrrole nitrogens is 1. The van der Waals surface area contributed by atoms with Gasteiger partial charge in [-0.2, -0.15) is 5.06 Å². The number of aromatic amines is 1. The highest BCUT2D eigenvalue weighted by Crippen LogP contribution is 2.34. The number of hydroxylamine groups is 2. The molecule has 3 rings (SSSR count). The molecule has 0 fully saturated rings. The van der Waals surface area contributed by atoms with Crippen LogP contribution in [-0.2, 0) is 6.54 Å². The van der Waals surface area contributed by atoms with E-state index in [0.717, 1.165) is 32.9 Å². The minimum absolute atomic E-state index is 0.0479. The van der Waals surface area contributed by atoms with Crippen LogP contribution in [0.1, 0.15) is 37.4 Å². The van der Waals surface area contributed by atoms with Crippen LogP contribution in [-0.4, -0.2) is 15.3 Å². The highest BCUT2D eigenvalue weighted by molar-refractivity contribution is 9.10. The minimum Gasteiger partial charge on any atom is -0.361 e. The third kappa shape index (κ3) is 3.89. The van der Waals surface area contributed by atoms with Gasteiger partial charge in [0, 0.05) is 28.1 Å². The lowest BCUT2D eigenvalue weighted by atomic mass is 9.96. The third-order valence-corrected chi connectivity index (χ3v) is 4.77. The summed E-state index contributed by atoms with van der Waals surface area (Å²) in [5, 5.41) is 13.4. The maximum Gasteiger partial charge on any atom is 0.0626 e. The lowest BCUT2D eigenvalue weighted by molar-refractivity contribution is -0.141. The topological polar surface area (TPSA) is 39.3 Å². The fourth-order valence-corrected chi connectivity index (χ4v) is 3.49. The molecule has 0 bridgehead atoms. The van der Waals surface area contributed by atoms with Gasteiger partial charge in [-0.15, -0.1) is 0 Å². The molecule has 0 amide bonds. The Balaban J connectivity index is 1.94. The largest absolute Gasteiger partial charge is 0.361 e. The number of halogens is 1. The van der Waals surface area contributed by atoms with Gasteiger partial charge in [0.15, 0.2) is 0 Å². The normalized spacial score (nSPS) is 13.1. The minimum atomic E-state index is -0.0479. The Bertz CT molecular complexity index is 798. The van der Waals surface area contributed by atoms with Gasteiger partial charge in [-0.05, 0) is 41.7 Å². The molecule has 2 N–H and O–H groups in total. The van der Waals surface area contributed by atoms with Crippen molar-refractivity contribution in [3.8, 4) is 0 Å². The van der Waals surface area contributed by atoms with Gasteiger partial charge in [-0.1, -0.05) is 60.1 Å². The van der Waals surface area contributed by atoms with E-state index in [1.54, 1.807) is 0 Å². The quantitative estimate of drug-likeness (QED) is 0.516. The molecule has 1 atom stereocenters. The predicted molar refractivity (Wildman–Crippen MR) is 102 cm³/mol. The molecular formula is C20H23BrN2O. The first-order valence-corrected chi connectivity index (χ1v) is 9.10. The number of aromatic nitrogens is 1. The number of nitrogens with zero attached hydrogens (tertiary/aromatic N) is 1. The molecule has 126 valence electrons. The van der Waals surface area contributed by atoms with Gasteiger partial charge in [0.2, 0.25) is 0 Å². The summed E-state index contributed by atoms with van der Waals surface area (Å²) < 4.78 is 1.05. The van der Waals surface area contributed by atoms with Crippen molar-refractivity contribution in [2.24, 2.45) is 5.92 Å². The van der Waals surface area contributed by atoms with Crippen LogP contribution < -0.4 is 0 Å². The van der Waals surface area contributed by atoms with Crippen molar-refractivity contribution in [1.82, 2.24) is 10.0 Å². The second-order valence-electron chi connectivity index (χ2n) is 6.66. The van der Waals surface area contributed by atoms with Crippen molar-refractivity contribution in [1.29, 1.82) is 0 Å². The molecule has 4 heteroatoms. The molecule has 24 heavy (non-hydrogen) atoms. The van der Waals surface area contributed by atoms with Crippen LogP contribution in [0.2, 0.25) is 0 Å². The van der Waals surface area contributed by atoms with Gasteiger partial charge in [0.05, 0.1) is 6.04 Å². The van der Waals surface area contributed by atoms with Crippen LogP contribution in [0.3, 0.4) is 0 Å². The maximum absolute atomic E-state index is 10.8. The van der Waals surface area contributed by atoms with Gasteiger partial charge in [-0.3, -0.25) is 0 Å². The highest BCUT2D eigenvalue weighted by atomic mass is 79.9. The third-order valence-electron chi connectivity index (χ3n) is 4.28. The molecule has 0 radical (unpaired) electrons. The zero-order valence-electron chi connectivity index (χ0n) is 14.0. The summed E-state index contributed by atoms with van der Waals surface area (Å²) in [5.74, 6) is 0.484. The number of hydrogen-bond donors (Lipinski definition) is 2. The second kappa shape index (κ2) is 7.51. The van der Waals surface area contributed by atoms with Crippen molar-refractivity contribution in [3.05, 3.63) is 70.3 Å². The SMILES string of the molecule is CC(C)CC(c1c[nH]c2ccc(Br)cc12)N(O)Cc1ccccc1. The Morgan fingerprint density at radius 1 is 1.12 bits per heavy atom. The molecule has 0 aliphatic rings. The molecule has 1 unspecified atom stereocenters. The fourth-order valence-electron chi connectivity index (χ4n) is 3.13. The molecule has 0 aliphatic carbocycles. The van der Waals surface area contributed by atoms with Gasteiger partial charge in [-0.25, -0.2) is 0 Å². The molecule has 3 nitrogen and oxygen atoms in total. The lowest BCUT2D eigenvalue weighted by Gasteiger charge is -2.27. The second-order valence-corrected chi connectivity index (χ2v) is 7.58. The van der Waals surface area contributed by atoms with Crippen LogP contribution >= 0.6 is 15.9 Å². The predicted octanol–water partition coefficient (Wildman–Crippen LogP) is 5.91. The van der Waals surface area contributed by atoms with E-state index >= 15 is 0 Å². The van der Waals surface area contributed by atoms with Crippen LogP contribution in [0.5, 0.6) is 0 Å². The van der Waals surface area contributed by atoms with E-state index in [9.17, 15) is 5.21 Å². The molecule has 0 aliphatic heterocycles. The number of benzene rings is 2. The van der Waals surface area contributed by atoms with Crippen LogP contribution in [0.15, 0.2) is 59.2 Å². The summed E-state index contributed by atoms with van der Waals surface area (Å²) >= 11 is 3.55. The monoisotopic (exact) mass is 386 g/mol. The van der Waals surface area contributed by atoms with Gasteiger partial charge < -0.3 is 10.2 Å². The zero-order chi connectivity index (χ0) is 17.1. The summed E-state index contributed by atoms with van der Waals surface area (Å²) in [7, 11) is 0. The molecule has 1 heterocycles. The molecule has 2 aromatic carbocycles. The van der Waals surface area contributed by atoms with Gasteiger partial charge in [0.1, 0.15) is 0 Å². The van der Waals surface area contributed by atoms with E-state index in [2.05, 4.69) is 46.9 Å². The van der Waals surface area contributed by atoms with Crippen molar-refractivity contribution in [2.75, 3.05) is 0 Å². The molecule has 0 saturated carbocycles. The fraction of sp³-hybridized carbons (Fsp3) is 0.300. The number of nitrogens with one attached hydrogen (secondary N) is 1. The smallest absolute Gasteiger partial charge is 0.0626 e. The summed E-state index contributed by atoms with van der Waals surface area (Å²) in [6.45, 7) is 4.89. The lowest BCUT2D eigenvalue weighted by Crippen LogP contribution is -2.26. The van der Waals surface area contributed by atoms with E-state index in [0.29, 0.717) is 12.5 Å². The first kappa shape index (κ1) is 17.2. The summed E-state index contributed by atoms with van der Waals surface area (Å²) in [6.07, 6.45) is 2.92. The maximum atomic E-state index is 10.8. The van der Waals surface area contributed by atoms with Crippen LogP contribution in [0.4, 0.5) is 0 Å². The van der Waals surface area contributed by atoms with E-state index in [1.165, 1.54) is 5.06 Å². The van der Waals surface area contributed by atoms with E-state index in [1.807, 2.05) is 42.6 Å². The first-order valence-electron chi connectivity index (χ1n) is 8.30. The van der Waals surface area contributed by atoms with Gasteiger partial charge >= 0.3 is 0 Å². The molecule has 1 aromatic heterocycles. The van der Waals surface area contributed by atoms with Crippen molar-refractivity contribution in [2.45, 2.75) is 32.9 Å². The van der Waals surface area contributed by atoms with Crippen LogP contribution in [0, 0.1) is 5.92 Å². The van der Waals surface area contributed by atoms with Crippen molar-refractivity contribution >= 4 is 26.8 Å². The average Bonchev–Trinajstić information content (AvgIpc) is 2.96. The Labute approximate surface area is 151 Å². The van der Waals surface area contributed by atoms with E-state index in [-0.39, 0.29) is 6.04 Å². The van der Waals surface area contributed by atoms with E-state index in [4.69, 9.17) is 0 Å². The molecule has 0 saturated heterocycles. The Morgan fingerprint density at radius 2 is 1.88 bits per heavy atom. The van der Waals surface area contributed by atoms with Crippen LogP contribution in [0.25, 0.3) is 10.9 Å². The Hall–Kier alpha value is -1.62. The highest BCUT2D eigenvalue weighted by Gasteiger charge is 2.23. The number of fused-ring (bicyclic) bond motifs is 1. The van der Waals surface area contributed by atoms with Gasteiger partial charge in [0.25, 0.3) is 0 Å². The number of rotatable bonds is 6. The molecular weight excluding hydrogens is 364 g/mol. The Morgan fingerprint density at radius 3 is 2.58 bits per heavy atom. The number of hydrogen-bond acceptors (Lipinski definition) is 2. The first-order chi connectivity index (χ1) is 11.5. The average molecular weight is 387 g/mol. The molecule has 3 aromatic rings. The van der Waals surface area contributed by atoms with Crippen molar-refractivity contribution in [3.63, 3.8) is 0 Å². The standard InChI is InChI=1S/C20H23BrN2O/c1-14(2)10-20(23(24)13-15-6-4-3-5-7-15)18-12-22-19-9-8-16(21)11-17(18)19/h3-9,11-12,14,20,22,24H,10,13H2,1-2H3. The molecule has 0 spiro atoms. The Kier molecular flexibility index (Phi) is 5.39. The summed E-state index contributed by atoms with van der Waals surface area (Å²) in [5.41, 5.74) is 3.34.